The zero-order valence-electron chi connectivity index (χ0n) is 13.2. The van der Waals surface area contributed by atoms with E-state index in [9.17, 15) is 9.90 Å². The molecule has 0 spiro atoms. The Labute approximate surface area is 138 Å². The zero-order valence-corrected chi connectivity index (χ0v) is 13.2. The number of carbonyl (C=O) groups excluding carboxylic acids is 1. The Kier molecular flexibility index (Phi) is 3.09. The molecule has 3 aromatic rings. The maximum absolute atomic E-state index is 12.5. The van der Waals surface area contributed by atoms with Gasteiger partial charge in [0, 0.05) is 22.2 Å². The van der Waals surface area contributed by atoms with E-state index in [0.717, 1.165) is 27.9 Å². The van der Waals surface area contributed by atoms with Crippen molar-refractivity contribution in [1.29, 1.82) is 0 Å². The quantitative estimate of drug-likeness (QED) is 0.704. The summed E-state index contributed by atoms with van der Waals surface area (Å²) in [5, 5.41) is 10.8. The van der Waals surface area contributed by atoms with Crippen molar-refractivity contribution in [3.8, 4) is 17.2 Å². The van der Waals surface area contributed by atoms with Crippen LogP contribution in [0, 0.1) is 6.92 Å². The summed E-state index contributed by atoms with van der Waals surface area (Å²) in [6.45, 7) is 1.93. The Bertz CT molecular complexity index is 1010. The highest BCUT2D eigenvalue weighted by Gasteiger charge is 2.30. The van der Waals surface area contributed by atoms with Crippen LogP contribution in [0.1, 0.15) is 21.6 Å². The number of aromatic nitrogens is 1. The summed E-state index contributed by atoms with van der Waals surface area (Å²) >= 11 is 0. The van der Waals surface area contributed by atoms with E-state index in [1.807, 2.05) is 25.1 Å². The summed E-state index contributed by atoms with van der Waals surface area (Å²) in [4.78, 5) is 15.8. The van der Waals surface area contributed by atoms with Gasteiger partial charge in [0.05, 0.1) is 7.11 Å². The van der Waals surface area contributed by atoms with Crippen molar-refractivity contribution in [2.75, 3.05) is 7.11 Å². The Hall–Kier alpha value is -3.21. The first-order valence-corrected chi connectivity index (χ1v) is 7.51. The van der Waals surface area contributed by atoms with Gasteiger partial charge in [-0.25, -0.2) is 0 Å². The molecule has 0 bridgehead atoms. The first kappa shape index (κ1) is 14.4. The van der Waals surface area contributed by atoms with E-state index in [1.54, 1.807) is 25.3 Å². The number of nitrogens with one attached hydrogen (secondary N) is 1. The lowest BCUT2D eigenvalue weighted by Gasteiger charge is -2.01. The largest absolute Gasteiger partial charge is 0.507 e. The molecule has 2 aromatic carbocycles. The standard InChI is InChI=1S/C19H15NO4/c1-10-12(13-8-11(23-2)6-7-14(13)20-10)9-17-19(22)18-15(21)4-3-5-16(18)24-17/h3-9,20-21H,1-2H3. The van der Waals surface area contributed by atoms with Gasteiger partial charge < -0.3 is 19.6 Å². The lowest BCUT2D eigenvalue weighted by atomic mass is 10.1. The number of allylic oxidation sites excluding steroid dienone is 1. The molecule has 5 heteroatoms. The Morgan fingerprint density at radius 2 is 2.08 bits per heavy atom. The Morgan fingerprint density at radius 1 is 1.25 bits per heavy atom. The lowest BCUT2D eigenvalue weighted by Crippen LogP contribution is -1.98. The molecule has 2 heterocycles. The Balaban J connectivity index is 1.85. The van der Waals surface area contributed by atoms with Crippen molar-refractivity contribution in [1.82, 2.24) is 4.98 Å². The number of phenolic OH excluding ortho intramolecular Hbond substituents is 1. The van der Waals surface area contributed by atoms with E-state index >= 15 is 0 Å². The number of fused-ring (bicyclic) bond motifs is 2. The van der Waals surface area contributed by atoms with E-state index in [-0.39, 0.29) is 22.9 Å². The molecule has 120 valence electrons. The van der Waals surface area contributed by atoms with Crippen LogP contribution in [-0.4, -0.2) is 23.0 Å². The summed E-state index contributed by atoms with van der Waals surface area (Å²) in [7, 11) is 1.61. The fourth-order valence-corrected chi connectivity index (χ4v) is 2.99. The van der Waals surface area contributed by atoms with Crippen LogP contribution in [0.25, 0.3) is 17.0 Å². The van der Waals surface area contributed by atoms with Crippen molar-refractivity contribution < 1.29 is 19.4 Å². The van der Waals surface area contributed by atoms with Crippen molar-refractivity contribution in [3.63, 3.8) is 0 Å². The molecule has 0 unspecified atom stereocenters. The van der Waals surface area contributed by atoms with Crippen LogP contribution in [0.15, 0.2) is 42.2 Å². The van der Waals surface area contributed by atoms with E-state index < -0.39 is 0 Å². The number of hydrogen-bond donors (Lipinski definition) is 2. The maximum atomic E-state index is 12.5. The SMILES string of the molecule is COc1ccc2[nH]c(C)c(C=C3Oc4cccc(O)c4C3=O)c2c1. The molecule has 0 amide bonds. The molecule has 24 heavy (non-hydrogen) atoms. The molecule has 0 atom stereocenters. The molecule has 0 saturated heterocycles. The second-order valence-corrected chi connectivity index (χ2v) is 5.67. The molecular formula is C19H15NO4. The molecule has 0 fully saturated rings. The number of rotatable bonds is 2. The second kappa shape index (κ2) is 5.16. The summed E-state index contributed by atoms with van der Waals surface area (Å²) in [5.74, 6) is 0.915. The van der Waals surface area contributed by atoms with Gasteiger partial charge >= 0.3 is 0 Å². The van der Waals surface area contributed by atoms with Gasteiger partial charge in [-0.1, -0.05) is 6.07 Å². The van der Waals surface area contributed by atoms with Crippen molar-refractivity contribution in [2.24, 2.45) is 0 Å². The number of carbonyl (C=O) groups is 1. The normalized spacial score (nSPS) is 14.9. The summed E-state index contributed by atoms with van der Waals surface area (Å²) in [6, 6.07) is 10.5. The van der Waals surface area contributed by atoms with Crippen molar-refractivity contribution in [3.05, 3.63) is 59.0 Å². The molecule has 0 aliphatic carbocycles. The average Bonchev–Trinajstić information content (AvgIpc) is 3.06. The number of H-pyrrole nitrogens is 1. The fourth-order valence-electron chi connectivity index (χ4n) is 2.99. The van der Waals surface area contributed by atoms with Crippen LogP contribution in [-0.2, 0) is 0 Å². The van der Waals surface area contributed by atoms with Gasteiger partial charge in [-0.2, -0.15) is 0 Å². The van der Waals surface area contributed by atoms with E-state index in [2.05, 4.69) is 4.98 Å². The third-order valence-electron chi connectivity index (χ3n) is 4.19. The zero-order chi connectivity index (χ0) is 16.8. The highest BCUT2D eigenvalue weighted by molar-refractivity contribution is 6.16. The monoisotopic (exact) mass is 321 g/mol. The molecule has 5 nitrogen and oxygen atoms in total. The lowest BCUT2D eigenvalue weighted by molar-refractivity contribution is 0.101. The minimum atomic E-state index is -0.320. The van der Waals surface area contributed by atoms with Crippen molar-refractivity contribution >= 4 is 22.8 Å². The first-order valence-electron chi connectivity index (χ1n) is 7.51. The first-order chi connectivity index (χ1) is 11.6. The van der Waals surface area contributed by atoms with Gasteiger partial charge in [0.25, 0.3) is 0 Å². The van der Waals surface area contributed by atoms with Gasteiger partial charge in [-0.3, -0.25) is 4.79 Å². The molecular weight excluding hydrogens is 306 g/mol. The fraction of sp³-hybridized carbons (Fsp3) is 0.105. The molecule has 2 N–H and O–H groups in total. The molecule has 1 aromatic heterocycles. The highest BCUT2D eigenvalue weighted by Crippen LogP contribution is 2.38. The number of aromatic hydroxyl groups is 1. The third-order valence-corrected chi connectivity index (χ3v) is 4.19. The smallest absolute Gasteiger partial charge is 0.235 e. The van der Waals surface area contributed by atoms with Crippen LogP contribution in [0.5, 0.6) is 17.2 Å². The summed E-state index contributed by atoms with van der Waals surface area (Å²) in [5.41, 5.74) is 2.94. The predicted molar refractivity (Wildman–Crippen MR) is 90.6 cm³/mol. The minimum Gasteiger partial charge on any atom is -0.507 e. The number of hydrogen-bond acceptors (Lipinski definition) is 4. The highest BCUT2D eigenvalue weighted by atomic mass is 16.5. The number of phenols is 1. The van der Waals surface area contributed by atoms with Gasteiger partial charge in [-0.15, -0.1) is 0 Å². The van der Waals surface area contributed by atoms with E-state index in [4.69, 9.17) is 9.47 Å². The summed E-state index contributed by atoms with van der Waals surface area (Å²) in [6.07, 6.45) is 1.70. The van der Waals surface area contributed by atoms with Gasteiger partial charge in [0.15, 0.2) is 5.76 Å². The predicted octanol–water partition coefficient (Wildman–Crippen LogP) is 3.81. The van der Waals surface area contributed by atoms with Gasteiger partial charge in [0.1, 0.15) is 22.8 Å². The molecule has 1 aliphatic rings. The van der Waals surface area contributed by atoms with Crippen molar-refractivity contribution in [2.45, 2.75) is 6.92 Å². The number of ketones is 1. The van der Waals surface area contributed by atoms with E-state index in [0.29, 0.717) is 5.75 Å². The van der Waals surface area contributed by atoms with Crippen LogP contribution in [0.3, 0.4) is 0 Å². The summed E-state index contributed by atoms with van der Waals surface area (Å²) < 4.78 is 10.9. The Morgan fingerprint density at radius 3 is 2.83 bits per heavy atom. The number of aromatic amines is 1. The maximum Gasteiger partial charge on any atom is 0.235 e. The number of aryl methyl sites for hydroxylation is 1. The molecule has 0 saturated carbocycles. The van der Waals surface area contributed by atoms with Gasteiger partial charge in [-0.05, 0) is 43.3 Å². The van der Waals surface area contributed by atoms with Crippen LogP contribution in [0.2, 0.25) is 0 Å². The number of methoxy groups -OCH3 is 1. The van der Waals surface area contributed by atoms with Crippen LogP contribution >= 0.6 is 0 Å². The minimum absolute atomic E-state index is 0.0711. The number of Topliss-reactive ketones (excluding diaryl/α,β-unsaturated/α-hetero) is 1. The molecule has 1 aliphatic heterocycles. The van der Waals surface area contributed by atoms with Crippen LogP contribution in [0.4, 0.5) is 0 Å². The number of benzene rings is 2. The van der Waals surface area contributed by atoms with Gasteiger partial charge in [0.2, 0.25) is 5.78 Å². The van der Waals surface area contributed by atoms with E-state index in [1.165, 1.54) is 6.07 Å². The molecule has 4 rings (SSSR count). The third kappa shape index (κ3) is 2.06. The van der Waals surface area contributed by atoms with Crippen LogP contribution < -0.4 is 9.47 Å². The average molecular weight is 321 g/mol. The molecule has 0 radical (unpaired) electrons. The second-order valence-electron chi connectivity index (χ2n) is 5.67. The number of ether oxygens (including phenoxy) is 2. The topological polar surface area (TPSA) is 71.6 Å².